The van der Waals surface area contributed by atoms with Crippen molar-refractivity contribution in [1.82, 2.24) is 19.8 Å². The summed E-state index contributed by atoms with van der Waals surface area (Å²) in [5, 5.41) is 7.05. The minimum atomic E-state index is -0.129. The molecular weight excluding hydrogens is 442 g/mol. The molecule has 176 valence electrons. The van der Waals surface area contributed by atoms with Crippen LogP contribution in [0.15, 0.2) is 60.8 Å². The van der Waals surface area contributed by atoms with Gasteiger partial charge in [-0.2, -0.15) is 0 Å². The zero-order chi connectivity index (χ0) is 23.7. The van der Waals surface area contributed by atoms with E-state index in [1.165, 1.54) is 42.6 Å². The molecule has 2 unspecified atom stereocenters. The van der Waals surface area contributed by atoms with Crippen molar-refractivity contribution in [2.75, 3.05) is 11.9 Å². The average Bonchev–Trinajstić information content (AvgIpc) is 3.54. The number of amides is 1. The summed E-state index contributed by atoms with van der Waals surface area (Å²) in [6.07, 6.45) is 6.83. The van der Waals surface area contributed by atoms with Crippen LogP contribution in [0.5, 0.6) is 0 Å². The molecule has 1 amide bonds. The molecule has 0 spiro atoms. The number of anilines is 1. The molecule has 2 aromatic heterocycles. The summed E-state index contributed by atoms with van der Waals surface area (Å²) in [6, 6.07) is 18.1. The van der Waals surface area contributed by atoms with Gasteiger partial charge in [-0.15, -0.1) is 0 Å². The quantitative estimate of drug-likeness (QED) is 0.480. The molecule has 1 aliphatic carbocycles. The van der Waals surface area contributed by atoms with E-state index in [0.29, 0.717) is 11.2 Å². The molecule has 1 aliphatic heterocycles. The molecule has 2 aliphatic rings. The molecule has 7 heteroatoms. The maximum Gasteiger partial charge on any atom is 0.244 e. The Labute approximate surface area is 206 Å². The van der Waals surface area contributed by atoms with Gasteiger partial charge in [0.15, 0.2) is 5.11 Å². The minimum absolute atomic E-state index is 0.0911. The second kappa shape index (κ2) is 9.58. The van der Waals surface area contributed by atoms with Gasteiger partial charge in [-0.3, -0.25) is 9.78 Å². The molecule has 34 heavy (non-hydrogen) atoms. The van der Waals surface area contributed by atoms with E-state index in [2.05, 4.69) is 40.1 Å². The molecule has 3 heterocycles. The van der Waals surface area contributed by atoms with E-state index in [1.807, 2.05) is 59.6 Å². The summed E-state index contributed by atoms with van der Waals surface area (Å²) in [7, 11) is 0. The summed E-state index contributed by atoms with van der Waals surface area (Å²) in [4.78, 5) is 19.7. The maximum atomic E-state index is 13.0. The smallest absolute Gasteiger partial charge is 0.244 e. The summed E-state index contributed by atoms with van der Waals surface area (Å²) in [5.74, 6) is -0.0911. The van der Waals surface area contributed by atoms with Crippen LogP contribution >= 0.6 is 12.2 Å². The van der Waals surface area contributed by atoms with Crippen LogP contribution in [0.1, 0.15) is 66.5 Å². The number of thiocarbonyl (C=S) groups is 1. The Morgan fingerprint density at radius 3 is 2.56 bits per heavy atom. The second-order valence-corrected chi connectivity index (χ2v) is 9.69. The van der Waals surface area contributed by atoms with Crippen molar-refractivity contribution in [2.45, 2.75) is 57.7 Å². The molecule has 0 radical (unpaired) electrons. The Balaban J connectivity index is 1.50. The number of carbonyl (C=O) groups is 1. The van der Waals surface area contributed by atoms with Crippen molar-refractivity contribution in [3.63, 3.8) is 0 Å². The Bertz CT molecular complexity index is 1170. The van der Waals surface area contributed by atoms with Crippen LogP contribution in [0.3, 0.4) is 0 Å². The molecule has 6 nitrogen and oxygen atoms in total. The molecule has 3 aromatic rings. The van der Waals surface area contributed by atoms with E-state index in [-0.39, 0.29) is 24.5 Å². The van der Waals surface area contributed by atoms with Gasteiger partial charge in [0.1, 0.15) is 6.54 Å². The fraction of sp³-hybridized carbons (Fsp3) is 0.370. The van der Waals surface area contributed by atoms with E-state index in [0.717, 1.165) is 11.4 Å². The minimum Gasteiger partial charge on any atom is -0.352 e. The largest absolute Gasteiger partial charge is 0.352 e. The van der Waals surface area contributed by atoms with Crippen molar-refractivity contribution in [3.05, 3.63) is 83.4 Å². The molecule has 0 bridgehead atoms. The predicted molar refractivity (Wildman–Crippen MR) is 139 cm³/mol. The number of hydrogen-bond donors (Lipinski definition) is 2. The Morgan fingerprint density at radius 2 is 1.85 bits per heavy atom. The average molecular weight is 474 g/mol. The Morgan fingerprint density at radius 1 is 1.12 bits per heavy atom. The van der Waals surface area contributed by atoms with E-state index in [9.17, 15) is 4.79 Å². The van der Waals surface area contributed by atoms with Crippen LogP contribution in [0.2, 0.25) is 0 Å². The highest BCUT2D eigenvalue weighted by Gasteiger charge is 2.42. The first-order valence-corrected chi connectivity index (χ1v) is 12.4. The first-order valence-electron chi connectivity index (χ1n) is 12.0. The monoisotopic (exact) mass is 473 g/mol. The lowest BCUT2D eigenvalue weighted by Crippen LogP contribution is -2.37. The summed E-state index contributed by atoms with van der Waals surface area (Å²) >= 11 is 5.77. The van der Waals surface area contributed by atoms with E-state index in [1.54, 1.807) is 0 Å². The predicted octanol–water partition coefficient (Wildman–Crippen LogP) is 5.23. The van der Waals surface area contributed by atoms with Crippen LogP contribution in [0, 0.1) is 13.8 Å². The van der Waals surface area contributed by atoms with Gasteiger partial charge in [-0.25, -0.2) is 0 Å². The third-order valence-corrected chi connectivity index (χ3v) is 7.45. The number of carbonyl (C=O) groups excluding carboxylic acids is 1. The van der Waals surface area contributed by atoms with Crippen molar-refractivity contribution >= 4 is 28.9 Å². The van der Waals surface area contributed by atoms with Gasteiger partial charge in [-0.1, -0.05) is 37.1 Å². The summed E-state index contributed by atoms with van der Waals surface area (Å²) < 4.78 is 2.50. The Hall–Kier alpha value is -3.19. The van der Waals surface area contributed by atoms with Crippen LogP contribution < -0.4 is 10.6 Å². The third-order valence-electron chi connectivity index (χ3n) is 7.10. The van der Waals surface area contributed by atoms with Crippen molar-refractivity contribution < 1.29 is 4.79 Å². The van der Waals surface area contributed by atoms with Gasteiger partial charge in [0, 0.05) is 29.3 Å². The number of benzene rings is 1. The number of rotatable bonds is 6. The van der Waals surface area contributed by atoms with Gasteiger partial charge in [0.05, 0.1) is 17.8 Å². The highest BCUT2D eigenvalue weighted by molar-refractivity contribution is 7.80. The number of pyridine rings is 1. The topological polar surface area (TPSA) is 62.2 Å². The van der Waals surface area contributed by atoms with Crippen molar-refractivity contribution in [3.8, 4) is 0 Å². The van der Waals surface area contributed by atoms with Crippen LogP contribution in [-0.2, 0) is 4.79 Å². The lowest BCUT2D eigenvalue weighted by Gasteiger charge is -2.28. The first-order chi connectivity index (χ1) is 16.5. The SMILES string of the molecule is Cc1cc(C2C(c3ccccn3)NC(=S)N2CC(=O)Nc2ccccc2)c(C)n1C1CCCC1. The summed E-state index contributed by atoms with van der Waals surface area (Å²) in [6.45, 7) is 4.57. The van der Waals surface area contributed by atoms with E-state index >= 15 is 0 Å². The number of aromatic nitrogens is 2. The van der Waals surface area contributed by atoms with Gasteiger partial charge in [-0.05, 0) is 74.8 Å². The number of para-hydroxylation sites is 1. The molecule has 5 rings (SSSR count). The van der Waals surface area contributed by atoms with E-state index < -0.39 is 0 Å². The number of nitrogens with one attached hydrogen (secondary N) is 2. The van der Waals surface area contributed by atoms with Gasteiger partial charge in [0.25, 0.3) is 0 Å². The van der Waals surface area contributed by atoms with Gasteiger partial charge in [0.2, 0.25) is 5.91 Å². The highest BCUT2D eigenvalue weighted by Crippen LogP contribution is 2.42. The zero-order valence-corrected chi connectivity index (χ0v) is 20.5. The van der Waals surface area contributed by atoms with Gasteiger partial charge >= 0.3 is 0 Å². The highest BCUT2D eigenvalue weighted by atomic mass is 32.1. The lowest BCUT2D eigenvalue weighted by atomic mass is 9.96. The normalized spacial score (nSPS) is 20.5. The van der Waals surface area contributed by atoms with Crippen molar-refractivity contribution in [2.24, 2.45) is 0 Å². The van der Waals surface area contributed by atoms with Crippen molar-refractivity contribution in [1.29, 1.82) is 0 Å². The lowest BCUT2D eigenvalue weighted by molar-refractivity contribution is -0.116. The molecular formula is C27H31N5OS. The Kier molecular flexibility index (Phi) is 6.37. The fourth-order valence-corrected chi connectivity index (χ4v) is 5.92. The number of aryl methyl sites for hydroxylation is 1. The standard InChI is InChI=1S/C27H31N5OS/c1-18-16-22(19(2)32(18)21-12-6-7-13-21)26-25(23-14-8-9-15-28-23)30-27(34)31(26)17-24(33)29-20-10-4-3-5-11-20/h3-5,8-11,14-16,21,25-26H,6-7,12-13,17H2,1-2H3,(H,29,33)(H,30,34). The van der Waals surface area contributed by atoms with Crippen LogP contribution in [0.4, 0.5) is 5.69 Å². The third kappa shape index (κ3) is 4.32. The van der Waals surface area contributed by atoms with Gasteiger partial charge < -0.3 is 20.1 Å². The molecule has 2 fully saturated rings. The first kappa shape index (κ1) is 22.6. The van der Waals surface area contributed by atoms with E-state index in [4.69, 9.17) is 12.2 Å². The number of hydrogen-bond acceptors (Lipinski definition) is 3. The molecule has 2 N–H and O–H groups in total. The molecule has 1 aromatic carbocycles. The molecule has 2 atom stereocenters. The zero-order valence-electron chi connectivity index (χ0n) is 19.7. The summed E-state index contributed by atoms with van der Waals surface area (Å²) in [5.41, 5.74) is 5.44. The molecule has 1 saturated carbocycles. The fourth-order valence-electron chi connectivity index (χ4n) is 5.62. The molecule has 1 saturated heterocycles. The maximum absolute atomic E-state index is 13.0. The van der Waals surface area contributed by atoms with Crippen LogP contribution in [-0.4, -0.2) is 32.0 Å². The van der Waals surface area contributed by atoms with Crippen LogP contribution in [0.25, 0.3) is 0 Å². The second-order valence-electron chi connectivity index (χ2n) is 9.30. The number of nitrogens with zero attached hydrogens (tertiary/aromatic N) is 3.